The van der Waals surface area contributed by atoms with Crippen LogP contribution in [0.3, 0.4) is 0 Å². The lowest BCUT2D eigenvalue weighted by molar-refractivity contribution is -0.128. The molecule has 1 aliphatic rings. The zero-order valence-corrected chi connectivity index (χ0v) is 11.6. The van der Waals surface area contributed by atoms with Gasteiger partial charge in [0, 0.05) is 19.6 Å². The molecule has 0 saturated carbocycles. The number of benzene rings is 1. The molecule has 1 heterocycles. The lowest BCUT2D eigenvalue weighted by Gasteiger charge is -2.32. The van der Waals surface area contributed by atoms with Crippen molar-refractivity contribution in [2.75, 3.05) is 26.2 Å². The highest BCUT2D eigenvalue weighted by Crippen LogP contribution is 2.13. The summed E-state index contributed by atoms with van der Waals surface area (Å²) in [7, 11) is 0. The number of hydrogen-bond acceptors (Lipinski definition) is 4. The highest BCUT2D eigenvalue weighted by Gasteiger charge is 2.24. The van der Waals surface area contributed by atoms with Gasteiger partial charge in [-0.05, 0) is 24.6 Å². The molecule has 0 radical (unpaired) electrons. The molecule has 1 atom stereocenters. The third kappa shape index (κ3) is 3.72. The summed E-state index contributed by atoms with van der Waals surface area (Å²) in [5.41, 5.74) is 0.987. The van der Waals surface area contributed by atoms with Gasteiger partial charge < -0.3 is 10.1 Å². The molecule has 1 fully saturated rings. The first-order valence-corrected chi connectivity index (χ1v) is 6.81. The van der Waals surface area contributed by atoms with Crippen LogP contribution >= 0.6 is 0 Å². The SMILES string of the molecule is CC1C(=O)NCCN1CCOc1ccc(CC#N)cc1. The highest BCUT2D eigenvalue weighted by atomic mass is 16.5. The molecular weight excluding hydrogens is 254 g/mol. The molecule has 0 spiro atoms. The lowest BCUT2D eigenvalue weighted by Crippen LogP contribution is -2.54. The van der Waals surface area contributed by atoms with E-state index >= 15 is 0 Å². The standard InChI is InChI=1S/C15H19N3O2/c1-12-15(19)17-8-9-18(12)10-11-20-14-4-2-13(3-5-14)6-7-16/h2-5,12H,6,8-11H2,1H3,(H,17,19). The Hall–Kier alpha value is -2.06. The van der Waals surface area contributed by atoms with Crippen LogP contribution in [0.25, 0.3) is 0 Å². The number of carbonyl (C=O) groups excluding carboxylic acids is 1. The Morgan fingerprint density at radius 3 is 2.90 bits per heavy atom. The third-order valence-corrected chi connectivity index (χ3v) is 3.48. The maximum Gasteiger partial charge on any atom is 0.237 e. The molecule has 2 rings (SSSR count). The first-order valence-electron chi connectivity index (χ1n) is 6.81. The second kappa shape index (κ2) is 6.92. The summed E-state index contributed by atoms with van der Waals surface area (Å²) >= 11 is 0. The Bertz CT molecular complexity index is 493. The van der Waals surface area contributed by atoms with Gasteiger partial charge in [0.1, 0.15) is 12.4 Å². The highest BCUT2D eigenvalue weighted by molar-refractivity contribution is 5.81. The number of piperazine rings is 1. The molecule has 0 aromatic heterocycles. The van der Waals surface area contributed by atoms with Crippen LogP contribution in [0.5, 0.6) is 5.75 Å². The summed E-state index contributed by atoms with van der Waals surface area (Å²) in [4.78, 5) is 13.6. The molecule has 1 aromatic rings. The van der Waals surface area contributed by atoms with Crippen LogP contribution in [0.15, 0.2) is 24.3 Å². The minimum atomic E-state index is -0.0923. The molecule has 0 bridgehead atoms. The van der Waals surface area contributed by atoms with E-state index in [1.165, 1.54) is 0 Å². The van der Waals surface area contributed by atoms with E-state index in [1.807, 2.05) is 31.2 Å². The quantitative estimate of drug-likeness (QED) is 0.867. The van der Waals surface area contributed by atoms with Crippen molar-refractivity contribution in [2.24, 2.45) is 0 Å². The number of carbonyl (C=O) groups is 1. The molecule has 5 nitrogen and oxygen atoms in total. The fourth-order valence-corrected chi connectivity index (χ4v) is 2.21. The van der Waals surface area contributed by atoms with Crippen molar-refractivity contribution in [3.05, 3.63) is 29.8 Å². The summed E-state index contributed by atoms with van der Waals surface area (Å²) in [5.74, 6) is 0.873. The van der Waals surface area contributed by atoms with Crippen LogP contribution in [0, 0.1) is 11.3 Å². The monoisotopic (exact) mass is 273 g/mol. The second-order valence-corrected chi connectivity index (χ2v) is 4.83. The van der Waals surface area contributed by atoms with Gasteiger partial charge in [-0.25, -0.2) is 0 Å². The van der Waals surface area contributed by atoms with Crippen LogP contribution in [0.2, 0.25) is 0 Å². The van der Waals surface area contributed by atoms with Gasteiger partial charge in [-0.3, -0.25) is 9.69 Å². The lowest BCUT2D eigenvalue weighted by atomic mass is 10.2. The summed E-state index contributed by atoms with van der Waals surface area (Å²) in [6.07, 6.45) is 0.417. The largest absolute Gasteiger partial charge is 0.492 e. The van der Waals surface area contributed by atoms with Crippen molar-refractivity contribution >= 4 is 5.91 Å². The minimum Gasteiger partial charge on any atom is -0.492 e. The first kappa shape index (κ1) is 14.4. The van der Waals surface area contributed by atoms with Gasteiger partial charge in [0.2, 0.25) is 5.91 Å². The van der Waals surface area contributed by atoms with Crippen LogP contribution in [0.4, 0.5) is 0 Å². The van der Waals surface area contributed by atoms with Gasteiger partial charge in [0.25, 0.3) is 0 Å². The van der Waals surface area contributed by atoms with Crippen molar-refractivity contribution in [1.82, 2.24) is 10.2 Å². The Labute approximate surface area is 119 Å². The maximum atomic E-state index is 11.5. The molecule has 106 valence electrons. The zero-order chi connectivity index (χ0) is 14.4. The summed E-state index contributed by atoms with van der Waals surface area (Å²) < 4.78 is 5.67. The number of hydrogen-bond donors (Lipinski definition) is 1. The van der Waals surface area contributed by atoms with E-state index in [0.29, 0.717) is 19.6 Å². The van der Waals surface area contributed by atoms with Crippen molar-refractivity contribution in [2.45, 2.75) is 19.4 Å². The molecule has 1 unspecified atom stereocenters. The molecule has 1 saturated heterocycles. The number of rotatable bonds is 5. The van der Waals surface area contributed by atoms with Crippen LogP contribution in [-0.2, 0) is 11.2 Å². The first-order chi connectivity index (χ1) is 9.70. The van der Waals surface area contributed by atoms with Crippen molar-refractivity contribution < 1.29 is 9.53 Å². The van der Waals surface area contributed by atoms with Crippen molar-refractivity contribution in [3.8, 4) is 11.8 Å². The van der Waals surface area contributed by atoms with Gasteiger partial charge in [-0.1, -0.05) is 12.1 Å². The molecule has 1 aliphatic heterocycles. The smallest absolute Gasteiger partial charge is 0.237 e. The van der Waals surface area contributed by atoms with E-state index in [1.54, 1.807) is 0 Å². The van der Waals surface area contributed by atoms with Crippen molar-refractivity contribution in [1.29, 1.82) is 5.26 Å². The van der Waals surface area contributed by atoms with Gasteiger partial charge in [0.05, 0.1) is 18.5 Å². The average molecular weight is 273 g/mol. The summed E-state index contributed by atoms with van der Waals surface area (Å²) in [6.45, 7) is 4.75. The van der Waals surface area contributed by atoms with Gasteiger partial charge >= 0.3 is 0 Å². The Morgan fingerprint density at radius 1 is 1.45 bits per heavy atom. The zero-order valence-electron chi connectivity index (χ0n) is 11.6. The molecule has 1 aromatic carbocycles. The Morgan fingerprint density at radius 2 is 2.20 bits per heavy atom. The number of nitrogens with zero attached hydrogens (tertiary/aromatic N) is 2. The number of nitriles is 1. The summed E-state index contributed by atoms with van der Waals surface area (Å²) in [6, 6.07) is 9.57. The fourth-order valence-electron chi connectivity index (χ4n) is 2.21. The maximum absolute atomic E-state index is 11.5. The number of ether oxygens (including phenoxy) is 1. The average Bonchev–Trinajstić information content (AvgIpc) is 2.46. The molecule has 20 heavy (non-hydrogen) atoms. The van der Waals surface area contributed by atoms with Crippen LogP contribution in [-0.4, -0.2) is 43.1 Å². The number of nitrogens with one attached hydrogen (secondary N) is 1. The van der Waals surface area contributed by atoms with E-state index < -0.39 is 0 Å². The van der Waals surface area contributed by atoms with E-state index in [4.69, 9.17) is 10.00 Å². The summed E-state index contributed by atoms with van der Waals surface area (Å²) in [5, 5.41) is 11.4. The Kier molecular flexibility index (Phi) is 4.97. The van der Waals surface area contributed by atoms with Gasteiger partial charge in [-0.2, -0.15) is 5.26 Å². The minimum absolute atomic E-state index is 0.0807. The van der Waals surface area contributed by atoms with E-state index in [2.05, 4.69) is 16.3 Å². The number of amides is 1. The second-order valence-electron chi connectivity index (χ2n) is 4.83. The Balaban J connectivity index is 1.78. The van der Waals surface area contributed by atoms with Crippen LogP contribution in [0.1, 0.15) is 12.5 Å². The fraction of sp³-hybridized carbons (Fsp3) is 0.467. The van der Waals surface area contributed by atoms with E-state index in [9.17, 15) is 4.79 Å². The van der Waals surface area contributed by atoms with Crippen molar-refractivity contribution in [3.63, 3.8) is 0 Å². The predicted octanol–water partition coefficient (Wildman–Crippen LogP) is 0.952. The van der Waals surface area contributed by atoms with E-state index in [-0.39, 0.29) is 11.9 Å². The molecule has 1 N–H and O–H groups in total. The molecular formula is C15H19N3O2. The predicted molar refractivity (Wildman–Crippen MR) is 75.3 cm³/mol. The molecule has 0 aliphatic carbocycles. The molecule has 5 heteroatoms. The van der Waals surface area contributed by atoms with Gasteiger partial charge in [-0.15, -0.1) is 0 Å². The topological polar surface area (TPSA) is 65.4 Å². The van der Waals surface area contributed by atoms with Crippen LogP contribution < -0.4 is 10.1 Å². The molecule has 1 amide bonds. The normalized spacial score (nSPS) is 19.2. The van der Waals surface area contributed by atoms with E-state index in [0.717, 1.165) is 24.4 Å². The van der Waals surface area contributed by atoms with Gasteiger partial charge in [0.15, 0.2) is 0 Å². The third-order valence-electron chi connectivity index (χ3n) is 3.48.